The van der Waals surface area contributed by atoms with E-state index in [1.165, 1.54) is 16.7 Å². The Bertz CT molecular complexity index is 1060. The van der Waals surface area contributed by atoms with Gasteiger partial charge in [0.05, 0.1) is 5.39 Å². The van der Waals surface area contributed by atoms with Crippen molar-refractivity contribution in [2.45, 2.75) is 26.2 Å². The molecule has 2 aliphatic heterocycles. The van der Waals surface area contributed by atoms with Gasteiger partial charge in [-0.05, 0) is 49.4 Å². The van der Waals surface area contributed by atoms with Crippen LogP contribution in [0.3, 0.4) is 0 Å². The van der Waals surface area contributed by atoms with E-state index in [-0.39, 0.29) is 5.91 Å². The van der Waals surface area contributed by atoms with Crippen LogP contribution in [0.25, 0.3) is 22.2 Å². The lowest BCUT2D eigenvalue weighted by Crippen LogP contribution is -2.27. The molecule has 5 rings (SSSR count). The minimum absolute atomic E-state index is 0.156. The summed E-state index contributed by atoms with van der Waals surface area (Å²) in [5, 5.41) is 4.52. The smallest absolute Gasteiger partial charge is 0.253 e. The molecule has 27 heavy (non-hydrogen) atoms. The van der Waals surface area contributed by atoms with Gasteiger partial charge in [0.1, 0.15) is 17.8 Å². The summed E-state index contributed by atoms with van der Waals surface area (Å²) in [5.41, 5.74) is 6.46. The van der Waals surface area contributed by atoms with Gasteiger partial charge < -0.3 is 14.8 Å². The van der Waals surface area contributed by atoms with E-state index in [9.17, 15) is 4.79 Å². The molecule has 0 atom stereocenters. The SMILES string of the molecule is Cc1c2c3c(ncnc3n1C)NCCc1cc(C(=O)N3CCCC3)ccc1-2. The topological polar surface area (TPSA) is 63.1 Å². The van der Waals surface area contributed by atoms with Crippen LogP contribution in [-0.4, -0.2) is 45.0 Å². The number of amides is 1. The highest BCUT2D eigenvalue weighted by atomic mass is 16.2. The minimum Gasteiger partial charge on any atom is -0.369 e. The van der Waals surface area contributed by atoms with E-state index in [4.69, 9.17) is 0 Å². The number of carbonyl (C=O) groups excluding carboxylic acids is 1. The summed E-state index contributed by atoms with van der Waals surface area (Å²) < 4.78 is 2.12. The normalized spacial score (nSPS) is 16.0. The van der Waals surface area contributed by atoms with Crippen molar-refractivity contribution >= 4 is 22.8 Å². The maximum Gasteiger partial charge on any atom is 0.253 e. The zero-order valence-corrected chi connectivity index (χ0v) is 15.7. The number of fused-ring (bicyclic) bond motifs is 2. The van der Waals surface area contributed by atoms with Crippen molar-refractivity contribution in [3.63, 3.8) is 0 Å². The second-order valence-corrected chi connectivity index (χ2v) is 7.49. The lowest BCUT2D eigenvalue weighted by atomic mass is 9.92. The molecular formula is C21H23N5O. The predicted octanol–water partition coefficient (Wildman–Crippen LogP) is 3.15. The number of likely N-dealkylation sites (tertiary alicyclic amines) is 1. The lowest BCUT2D eigenvalue weighted by Gasteiger charge is -2.19. The summed E-state index contributed by atoms with van der Waals surface area (Å²) in [4.78, 5) is 23.8. The highest BCUT2D eigenvalue weighted by Gasteiger charge is 2.25. The maximum absolute atomic E-state index is 12.8. The van der Waals surface area contributed by atoms with Crippen molar-refractivity contribution in [2.75, 3.05) is 25.0 Å². The number of aryl methyl sites for hydroxylation is 1. The van der Waals surface area contributed by atoms with Gasteiger partial charge in [0.2, 0.25) is 0 Å². The Balaban J connectivity index is 1.69. The number of aromatic nitrogens is 3. The molecule has 0 aliphatic carbocycles. The van der Waals surface area contributed by atoms with E-state index in [0.29, 0.717) is 0 Å². The molecule has 2 aliphatic rings. The number of anilines is 1. The number of rotatable bonds is 1. The highest BCUT2D eigenvalue weighted by Crippen LogP contribution is 2.39. The van der Waals surface area contributed by atoms with Crippen LogP contribution >= 0.6 is 0 Å². The molecule has 0 saturated carbocycles. The Morgan fingerprint density at radius 1 is 1.19 bits per heavy atom. The third-order valence-electron chi connectivity index (χ3n) is 5.96. The zero-order chi connectivity index (χ0) is 18.5. The maximum atomic E-state index is 12.8. The van der Waals surface area contributed by atoms with Crippen LogP contribution in [0.15, 0.2) is 24.5 Å². The standard InChI is InChI=1S/C21H23N5O/c1-13-17-16-6-5-15(21(27)26-9-3-4-10-26)11-14(16)7-8-22-19-18(17)20(25(13)2)24-12-23-19/h5-6,11-12H,3-4,7-10H2,1-2H3,(H,22,23,24). The Labute approximate surface area is 158 Å². The van der Waals surface area contributed by atoms with Gasteiger partial charge in [-0.1, -0.05) is 6.07 Å². The van der Waals surface area contributed by atoms with Crippen molar-refractivity contribution in [1.29, 1.82) is 0 Å². The van der Waals surface area contributed by atoms with Gasteiger partial charge in [-0.25, -0.2) is 9.97 Å². The largest absolute Gasteiger partial charge is 0.369 e. The van der Waals surface area contributed by atoms with Gasteiger partial charge in [0, 0.05) is 43.5 Å². The highest BCUT2D eigenvalue weighted by molar-refractivity contribution is 6.04. The van der Waals surface area contributed by atoms with Crippen molar-refractivity contribution in [3.8, 4) is 11.1 Å². The molecule has 1 amide bonds. The molecule has 0 unspecified atom stereocenters. The van der Waals surface area contributed by atoms with Crippen LogP contribution in [0.2, 0.25) is 0 Å². The predicted molar refractivity (Wildman–Crippen MR) is 106 cm³/mol. The quantitative estimate of drug-likeness (QED) is 0.723. The fourth-order valence-corrected chi connectivity index (χ4v) is 4.43. The summed E-state index contributed by atoms with van der Waals surface area (Å²) in [6, 6.07) is 6.18. The van der Waals surface area contributed by atoms with Crippen molar-refractivity contribution in [1.82, 2.24) is 19.4 Å². The van der Waals surface area contributed by atoms with Crippen molar-refractivity contribution < 1.29 is 4.79 Å². The number of carbonyl (C=O) groups is 1. The van der Waals surface area contributed by atoms with Crippen LogP contribution in [0.4, 0.5) is 5.82 Å². The fraction of sp³-hybridized carbons (Fsp3) is 0.381. The van der Waals surface area contributed by atoms with Crippen LogP contribution in [0.5, 0.6) is 0 Å². The van der Waals surface area contributed by atoms with Crippen LogP contribution < -0.4 is 5.32 Å². The van der Waals surface area contributed by atoms with Gasteiger partial charge in [0.25, 0.3) is 5.91 Å². The molecule has 0 spiro atoms. The molecule has 6 nitrogen and oxygen atoms in total. The number of nitrogens with one attached hydrogen (secondary N) is 1. The summed E-state index contributed by atoms with van der Waals surface area (Å²) in [5.74, 6) is 1.05. The van der Waals surface area contributed by atoms with E-state index >= 15 is 0 Å². The first kappa shape index (κ1) is 16.3. The first-order chi connectivity index (χ1) is 13.1. The van der Waals surface area contributed by atoms with Crippen LogP contribution in [-0.2, 0) is 13.5 Å². The van der Waals surface area contributed by atoms with Gasteiger partial charge in [0.15, 0.2) is 0 Å². The van der Waals surface area contributed by atoms with E-state index in [2.05, 4.69) is 38.9 Å². The number of hydrogen-bond acceptors (Lipinski definition) is 4. The molecule has 138 valence electrons. The first-order valence-corrected chi connectivity index (χ1v) is 9.61. The number of benzene rings is 1. The molecular weight excluding hydrogens is 338 g/mol. The van der Waals surface area contributed by atoms with Crippen LogP contribution in [0, 0.1) is 6.92 Å². The van der Waals surface area contributed by atoms with Crippen molar-refractivity contribution in [2.24, 2.45) is 7.05 Å². The van der Waals surface area contributed by atoms with E-state index in [1.807, 2.05) is 18.0 Å². The van der Waals surface area contributed by atoms with Gasteiger partial charge in [-0.15, -0.1) is 0 Å². The Morgan fingerprint density at radius 2 is 2.00 bits per heavy atom. The van der Waals surface area contributed by atoms with Crippen molar-refractivity contribution in [3.05, 3.63) is 41.3 Å². The van der Waals surface area contributed by atoms with Gasteiger partial charge in [-0.2, -0.15) is 0 Å². The summed E-state index contributed by atoms with van der Waals surface area (Å²) in [6.45, 7) is 4.66. The lowest BCUT2D eigenvalue weighted by molar-refractivity contribution is 0.0792. The van der Waals surface area contributed by atoms with E-state index in [1.54, 1.807) is 6.33 Å². The molecule has 3 aromatic rings. The molecule has 1 saturated heterocycles. The monoisotopic (exact) mass is 361 g/mol. The zero-order valence-electron chi connectivity index (χ0n) is 15.7. The minimum atomic E-state index is 0.156. The molecule has 6 heteroatoms. The first-order valence-electron chi connectivity index (χ1n) is 9.61. The second kappa shape index (κ2) is 6.08. The third-order valence-corrected chi connectivity index (χ3v) is 5.96. The third kappa shape index (κ3) is 2.43. The molecule has 2 aromatic heterocycles. The Hall–Kier alpha value is -2.89. The molecule has 4 heterocycles. The average Bonchev–Trinajstić information content (AvgIpc) is 3.29. The van der Waals surface area contributed by atoms with E-state index in [0.717, 1.165) is 67.0 Å². The molecule has 1 N–H and O–H groups in total. The summed E-state index contributed by atoms with van der Waals surface area (Å²) in [7, 11) is 2.04. The average molecular weight is 361 g/mol. The molecule has 1 aromatic carbocycles. The van der Waals surface area contributed by atoms with Gasteiger partial charge in [-0.3, -0.25) is 4.79 Å². The number of hydrogen-bond donors (Lipinski definition) is 1. The molecule has 0 radical (unpaired) electrons. The van der Waals surface area contributed by atoms with E-state index < -0.39 is 0 Å². The van der Waals surface area contributed by atoms with Gasteiger partial charge >= 0.3 is 0 Å². The summed E-state index contributed by atoms with van der Waals surface area (Å²) in [6.07, 6.45) is 4.70. The molecule has 1 fully saturated rings. The second-order valence-electron chi connectivity index (χ2n) is 7.49. The Kier molecular flexibility index (Phi) is 3.67. The Morgan fingerprint density at radius 3 is 2.81 bits per heavy atom. The van der Waals surface area contributed by atoms with Crippen LogP contribution in [0.1, 0.15) is 34.5 Å². The molecule has 0 bridgehead atoms. The fourth-order valence-electron chi connectivity index (χ4n) is 4.43. The summed E-state index contributed by atoms with van der Waals surface area (Å²) >= 11 is 0. The number of nitrogens with zero attached hydrogens (tertiary/aromatic N) is 4.